The van der Waals surface area contributed by atoms with Crippen LogP contribution < -0.4 is 4.90 Å². The van der Waals surface area contributed by atoms with E-state index in [1.165, 1.54) is 12.8 Å². The number of nitrogens with zero attached hydrogens (tertiary/aromatic N) is 1. The predicted octanol–water partition coefficient (Wildman–Crippen LogP) is 3.73. The molecule has 1 aromatic carbocycles. The van der Waals surface area contributed by atoms with Gasteiger partial charge >= 0.3 is 5.97 Å². The molecule has 4 heteroatoms. The maximum absolute atomic E-state index is 11.6. The van der Waals surface area contributed by atoms with Crippen molar-refractivity contribution in [2.45, 2.75) is 31.6 Å². The lowest BCUT2D eigenvalue weighted by Gasteiger charge is -2.25. The number of benzene rings is 1. The van der Waals surface area contributed by atoms with Gasteiger partial charge in [0, 0.05) is 18.0 Å². The van der Waals surface area contributed by atoms with E-state index in [1.807, 2.05) is 25.1 Å². The molecule has 104 valence electrons. The summed E-state index contributed by atoms with van der Waals surface area (Å²) in [5.74, 6) is 0.822. The first-order valence-electron chi connectivity index (χ1n) is 6.91. The van der Waals surface area contributed by atoms with Gasteiger partial charge in [-0.2, -0.15) is 0 Å². The third kappa shape index (κ3) is 3.44. The number of anilines is 1. The lowest BCUT2D eigenvalue weighted by Crippen LogP contribution is -2.27. The topological polar surface area (TPSA) is 40.5 Å². The molecule has 0 aromatic heterocycles. The lowest BCUT2D eigenvalue weighted by atomic mass is 10.1. The highest BCUT2D eigenvalue weighted by Gasteiger charge is 2.26. The molecule has 3 nitrogen and oxygen atoms in total. The van der Waals surface area contributed by atoms with Crippen molar-refractivity contribution in [2.75, 3.05) is 23.7 Å². The average Bonchev–Trinajstić information content (AvgIpc) is 3.19. The summed E-state index contributed by atoms with van der Waals surface area (Å²) in [5, 5.41) is 9.53. The van der Waals surface area contributed by atoms with Crippen molar-refractivity contribution in [1.82, 2.24) is 0 Å². The number of thioether (sulfide) groups is 1. The van der Waals surface area contributed by atoms with E-state index in [4.69, 9.17) is 0 Å². The molecule has 0 spiro atoms. The van der Waals surface area contributed by atoms with Gasteiger partial charge in [-0.1, -0.05) is 13.0 Å². The number of hydrogen-bond donors (Lipinski definition) is 1. The maximum Gasteiger partial charge on any atom is 0.338 e. The van der Waals surface area contributed by atoms with Crippen LogP contribution in [0.3, 0.4) is 0 Å². The zero-order chi connectivity index (χ0) is 13.8. The molecule has 0 heterocycles. The molecule has 0 aliphatic heterocycles. The van der Waals surface area contributed by atoms with Crippen LogP contribution in [-0.2, 0) is 0 Å². The molecule has 0 saturated heterocycles. The van der Waals surface area contributed by atoms with Gasteiger partial charge in [0.05, 0.1) is 11.3 Å². The van der Waals surface area contributed by atoms with Crippen LogP contribution in [0.5, 0.6) is 0 Å². The summed E-state index contributed by atoms with van der Waals surface area (Å²) >= 11 is 1.60. The summed E-state index contributed by atoms with van der Waals surface area (Å²) in [6.07, 6.45) is 2.56. The SMILES string of the molecule is CCSc1cccc(N(CC)CC2CC2)c1C(=O)O. The summed E-state index contributed by atoms with van der Waals surface area (Å²) in [6, 6.07) is 5.82. The Morgan fingerprint density at radius 2 is 2.16 bits per heavy atom. The molecule has 0 bridgehead atoms. The first-order chi connectivity index (χ1) is 9.17. The van der Waals surface area contributed by atoms with Crippen molar-refractivity contribution in [3.63, 3.8) is 0 Å². The molecule has 19 heavy (non-hydrogen) atoms. The fourth-order valence-corrected chi connectivity index (χ4v) is 3.11. The standard InChI is InChI=1S/C15H21NO2S/c1-3-16(10-11-8-9-11)12-6-5-7-13(19-4-2)14(12)15(17)18/h5-7,11H,3-4,8-10H2,1-2H3,(H,17,18). The number of carbonyl (C=O) groups is 1. The Morgan fingerprint density at radius 3 is 2.68 bits per heavy atom. The van der Waals surface area contributed by atoms with Crippen LogP contribution in [0.2, 0.25) is 0 Å². The molecule has 1 aliphatic carbocycles. The van der Waals surface area contributed by atoms with E-state index in [-0.39, 0.29) is 0 Å². The zero-order valence-electron chi connectivity index (χ0n) is 11.6. The highest BCUT2D eigenvalue weighted by molar-refractivity contribution is 7.99. The Morgan fingerprint density at radius 1 is 1.42 bits per heavy atom. The lowest BCUT2D eigenvalue weighted by molar-refractivity contribution is 0.0694. The monoisotopic (exact) mass is 279 g/mol. The number of rotatable bonds is 7. The fourth-order valence-electron chi connectivity index (χ4n) is 2.28. The van der Waals surface area contributed by atoms with E-state index in [2.05, 4.69) is 11.8 Å². The van der Waals surface area contributed by atoms with Crippen molar-refractivity contribution in [1.29, 1.82) is 0 Å². The summed E-state index contributed by atoms with van der Waals surface area (Å²) in [4.78, 5) is 14.7. The van der Waals surface area contributed by atoms with E-state index in [0.29, 0.717) is 5.56 Å². The van der Waals surface area contributed by atoms with E-state index < -0.39 is 5.97 Å². The number of hydrogen-bond acceptors (Lipinski definition) is 3. The highest BCUT2D eigenvalue weighted by Crippen LogP contribution is 2.35. The van der Waals surface area contributed by atoms with Crippen LogP contribution in [-0.4, -0.2) is 29.9 Å². The summed E-state index contributed by atoms with van der Waals surface area (Å²) < 4.78 is 0. The van der Waals surface area contributed by atoms with E-state index in [0.717, 1.165) is 35.3 Å². The molecule has 1 N–H and O–H groups in total. The molecule has 0 unspecified atom stereocenters. The Hall–Kier alpha value is -1.16. The Bertz CT molecular complexity index is 457. The minimum Gasteiger partial charge on any atom is -0.478 e. The second-order valence-corrected chi connectivity index (χ2v) is 6.18. The van der Waals surface area contributed by atoms with Gasteiger partial charge < -0.3 is 10.0 Å². The molecule has 1 saturated carbocycles. The van der Waals surface area contributed by atoms with Crippen LogP contribution in [0.1, 0.15) is 37.0 Å². The van der Waals surface area contributed by atoms with Crippen molar-refractivity contribution in [2.24, 2.45) is 5.92 Å². The van der Waals surface area contributed by atoms with Gasteiger partial charge in [-0.3, -0.25) is 0 Å². The molecular weight excluding hydrogens is 258 g/mol. The van der Waals surface area contributed by atoms with E-state index in [1.54, 1.807) is 11.8 Å². The van der Waals surface area contributed by atoms with Crippen molar-refractivity contribution < 1.29 is 9.90 Å². The normalized spacial score (nSPS) is 14.4. The molecule has 0 amide bonds. The van der Waals surface area contributed by atoms with E-state index >= 15 is 0 Å². The summed E-state index contributed by atoms with van der Waals surface area (Å²) in [6.45, 7) is 5.98. The van der Waals surface area contributed by atoms with Gasteiger partial charge in [-0.15, -0.1) is 11.8 Å². The predicted molar refractivity (Wildman–Crippen MR) is 80.4 cm³/mol. The average molecular weight is 279 g/mol. The van der Waals surface area contributed by atoms with Gasteiger partial charge in [-0.05, 0) is 43.6 Å². The Balaban J connectivity index is 2.35. The molecule has 0 radical (unpaired) electrons. The molecular formula is C15H21NO2S. The fraction of sp³-hybridized carbons (Fsp3) is 0.533. The number of carboxylic acids is 1. The first kappa shape index (κ1) is 14.3. The van der Waals surface area contributed by atoms with Gasteiger partial charge in [-0.25, -0.2) is 4.79 Å². The minimum atomic E-state index is -0.819. The van der Waals surface area contributed by atoms with Crippen molar-refractivity contribution in [3.05, 3.63) is 23.8 Å². The molecule has 1 fully saturated rings. The Kier molecular flexibility index (Phi) is 4.75. The van der Waals surface area contributed by atoms with E-state index in [9.17, 15) is 9.90 Å². The largest absolute Gasteiger partial charge is 0.478 e. The molecule has 1 aromatic rings. The first-order valence-corrected chi connectivity index (χ1v) is 7.90. The van der Waals surface area contributed by atoms with Crippen LogP contribution >= 0.6 is 11.8 Å². The highest BCUT2D eigenvalue weighted by atomic mass is 32.2. The second kappa shape index (κ2) is 6.33. The van der Waals surface area contributed by atoms with Gasteiger partial charge in [0.25, 0.3) is 0 Å². The van der Waals surface area contributed by atoms with Crippen molar-refractivity contribution >= 4 is 23.4 Å². The minimum absolute atomic E-state index is 0.469. The maximum atomic E-state index is 11.6. The smallest absolute Gasteiger partial charge is 0.338 e. The third-order valence-corrected chi connectivity index (χ3v) is 4.36. The quantitative estimate of drug-likeness (QED) is 0.772. The molecule has 1 aliphatic rings. The molecule has 0 atom stereocenters. The Labute approximate surface area is 119 Å². The van der Waals surface area contributed by atoms with Gasteiger partial charge in [0.15, 0.2) is 0 Å². The second-order valence-electron chi connectivity index (χ2n) is 4.87. The van der Waals surface area contributed by atoms with Crippen LogP contribution in [0, 0.1) is 5.92 Å². The summed E-state index contributed by atoms with van der Waals surface area (Å²) in [7, 11) is 0. The van der Waals surface area contributed by atoms with Gasteiger partial charge in [0.2, 0.25) is 0 Å². The molecule has 2 rings (SSSR count). The number of aromatic carboxylic acids is 1. The third-order valence-electron chi connectivity index (χ3n) is 3.42. The summed E-state index contributed by atoms with van der Waals surface area (Å²) in [5.41, 5.74) is 1.34. The van der Waals surface area contributed by atoms with Crippen LogP contribution in [0.4, 0.5) is 5.69 Å². The number of carboxylic acid groups (broad SMARTS) is 1. The van der Waals surface area contributed by atoms with Crippen molar-refractivity contribution in [3.8, 4) is 0 Å². The van der Waals surface area contributed by atoms with Crippen LogP contribution in [0.15, 0.2) is 23.1 Å². The zero-order valence-corrected chi connectivity index (χ0v) is 12.4. The van der Waals surface area contributed by atoms with Crippen LogP contribution in [0.25, 0.3) is 0 Å². The van der Waals surface area contributed by atoms with Gasteiger partial charge in [0.1, 0.15) is 0 Å².